The fourth-order valence-corrected chi connectivity index (χ4v) is 3.19. The normalized spacial score (nSPS) is 17.4. The van der Waals surface area contributed by atoms with Crippen LogP contribution in [0.25, 0.3) is 0 Å². The number of carbonyl (C=O) groups excluding carboxylic acids is 1. The number of ether oxygens (including phenoxy) is 1. The Morgan fingerprint density at radius 1 is 1.36 bits per heavy atom. The first-order chi connectivity index (χ1) is 11.8. The van der Waals surface area contributed by atoms with Crippen molar-refractivity contribution in [2.24, 2.45) is 0 Å². The number of amides is 1. The standard InChI is InChI=1S/C19H24FN3O2/c1-12-10-16(22-23(12)19(2,3)4)18(24)21-15-6-5-9-25-17-11-13(20)7-8-14(15)17/h7-8,10-11,15H,5-6,9H2,1-4H3,(H,21,24)/t15-/m1/s1. The third-order valence-corrected chi connectivity index (χ3v) is 4.31. The number of aromatic nitrogens is 2. The quantitative estimate of drug-likeness (QED) is 0.902. The predicted molar refractivity (Wildman–Crippen MR) is 93.3 cm³/mol. The van der Waals surface area contributed by atoms with Crippen molar-refractivity contribution in [3.63, 3.8) is 0 Å². The van der Waals surface area contributed by atoms with Gasteiger partial charge in [0.25, 0.3) is 5.91 Å². The molecule has 0 radical (unpaired) electrons. The van der Waals surface area contributed by atoms with Gasteiger partial charge in [0.05, 0.1) is 18.2 Å². The van der Waals surface area contributed by atoms with Crippen LogP contribution in [0.15, 0.2) is 24.3 Å². The zero-order valence-electron chi connectivity index (χ0n) is 15.1. The summed E-state index contributed by atoms with van der Waals surface area (Å²) in [6.45, 7) is 8.58. The maximum atomic E-state index is 13.5. The van der Waals surface area contributed by atoms with Crippen molar-refractivity contribution in [1.29, 1.82) is 0 Å². The molecule has 134 valence electrons. The Morgan fingerprint density at radius 2 is 2.12 bits per heavy atom. The highest BCUT2D eigenvalue weighted by Gasteiger charge is 2.25. The van der Waals surface area contributed by atoms with Gasteiger partial charge in [-0.2, -0.15) is 5.10 Å². The summed E-state index contributed by atoms with van der Waals surface area (Å²) in [6, 6.07) is 6.02. The van der Waals surface area contributed by atoms with E-state index in [0.717, 1.165) is 24.1 Å². The van der Waals surface area contributed by atoms with Gasteiger partial charge in [-0.25, -0.2) is 4.39 Å². The van der Waals surface area contributed by atoms with Crippen LogP contribution in [-0.2, 0) is 5.54 Å². The van der Waals surface area contributed by atoms with E-state index < -0.39 is 0 Å². The van der Waals surface area contributed by atoms with Crippen LogP contribution in [0, 0.1) is 12.7 Å². The minimum Gasteiger partial charge on any atom is -0.493 e. The van der Waals surface area contributed by atoms with Gasteiger partial charge in [0.2, 0.25) is 0 Å². The third-order valence-electron chi connectivity index (χ3n) is 4.31. The zero-order chi connectivity index (χ0) is 18.2. The molecule has 5 nitrogen and oxygen atoms in total. The van der Waals surface area contributed by atoms with Crippen molar-refractivity contribution in [1.82, 2.24) is 15.1 Å². The predicted octanol–water partition coefficient (Wildman–Crippen LogP) is 3.73. The molecule has 2 aromatic rings. The zero-order valence-corrected chi connectivity index (χ0v) is 15.1. The van der Waals surface area contributed by atoms with E-state index in [1.165, 1.54) is 12.1 Å². The molecule has 1 aromatic carbocycles. The monoisotopic (exact) mass is 345 g/mol. The van der Waals surface area contributed by atoms with Crippen molar-refractivity contribution < 1.29 is 13.9 Å². The van der Waals surface area contributed by atoms with E-state index in [1.54, 1.807) is 12.1 Å². The van der Waals surface area contributed by atoms with Gasteiger partial charge in [-0.05, 0) is 52.7 Å². The van der Waals surface area contributed by atoms with Gasteiger partial charge in [-0.15, -0.1) is 0 Å². The number of aryl methyl sites for hydroxylation is 1. The van der Waals surface area contributed by atoms with Crippen LogP contribution in [0.4, 0.5) is 4.39 Å². The van der Waals surface area contributed by atoms with E-state index in [1.807, 2.05) is 32.4 Å². The molecule has 1 aliphatic rings. The maximum Gasteiger partial charge on any atom is 0.272 e. The molecule has 1 aromatic heterocycles. The van der Waals surface area contributed by atoms with E-state index in [0.29, 0.717) is 18.1 Å². The maximum absolute atomic E-state index is 13.5. The van der Waals surface area contributed by atoms with Gasteiger partial charge in [-0.1, -0.05) is 6.07 Å². The number of hydrogen-bond donors (Lipinski definition) is 1. The molecule has 1 N–H and O–H groups in total. The van der Waals surface area contributed by atoms with Gasteiger partial charge in [0, 0.05) is 17.3 Å². The van der Waals surface area contributed by atoms with Crippen LogP contribution in [0.3, 0.4) is 0 Å². The number of nitrogens with one attached hydrogen (secondary N) is 1. The topological polar surface area (TPSA) is 56.1 Å². The number of hydrogen-bond acceptors (Lipinski definition) is 3. The van der Waals surface area contributed by atoms with Crippen LogP contribution in [-0.4, -0.2) is 22.3 Å². The van der Waals surface area contributed by atoms with Crippen LogP contribution in [0.1, 0.15) is 61.4 Å². The lowest BCUT2D eigenvalue weighted by Gasteiger charge is -2.21. The summed E-state index contributed by atoms with van der Waals surface area (Å²) in [6.07, 6.45) is 1.53. The molecule has 0 saturated carbocycles. The highest BCUT2D eigenvalue weighted by molar-refractivity contribution is 5.92. The Labute approximate surface area is 147 Å². The summed E-state index contributed by atoms with van der Waals surface area (Å²) >= 11 is 0. The first kappa shape index (κ1) is 17.5. The molecular weight excluding hydrogens is 321 g/mol. The summed E-state index contributed by atoms with van der Waals surface area (Å²) in [5.74, 6) is -0.0715. The molecule has 0 bridgehead atoms. The highest BCUT2D eigenvalue weighted by atomic mass is 19.1. The summed E-state index contributed by atoms with van der Waals surface area (Å²) < 4.78 is 20.9. The molecule has 0 unspecified atom stereocenters. The van der Waals surface area contributed by atoms with Gasteiger partial charge >= 0.3 is 0 Å². The Balaban J connectivity index is 1.84. The van der Waals surface area contributed by atoms with Crippen molar-refractivity contribution in [3.8, 4) is 5.75 Å². The van der Waals surface area contributed by atoms with E-state index >= 15 is 0 Å². The van der Waals surface area contributed by atoms with E-state index in [2.05, 4.69) is 10.4 Å². The van der Waals surface area contributed by atoms with Gasteiger partial charge in [-0.3, -0.25) is 9.48 Å². The lowest BCUT2D eigenvalue weighted by molar-refractivity contribution is 0.0928. The Morgan fingerprint density at radius 3 is 2.80 bits per heavy atom. The second-order valence-corrected chi connectivity index (χ2v) is 7.45. The second kappa shape index (κ2) is 6.50. The van der Waals surface area contributed by atoms with Crippen LogP contribution < -0.4 is 10.1 Å². The van der Waals surface area contributed by atoms with Crippen LogP contribution >= 0.6 is 0 Å². The van der Waals surface area contributed by atoms with Gasteiger partial charge in [0.1, 0.15) is 17.3 Å². The average molecular weight is 345 g/mol. The average Bonchev–Trinajstić information content (AvgIpc) is 2.82. The number of benzene rings is 1. The first-order valence-electron chi connectivity index (χ1n) is 8.56. The number of fused-ring (bicyclic) bond motifs is 1. The van der Waals surface area contributed by atoms with Gasteiger partial charge < -0.3 is 10.1 Å². The third kappa shape index (κ3) is 3.67. The van der Waals surface area contributed by atoms with E-state index in [-0.39, 0.29) is 23.3 Å². The lowest BCUT2D eigenvalue weighted by Crippen LogP contribution is -2.30. The van der Waals surface area contributed by atoms with Crippen molar-refractivity contribution in [3.05, 3.63) is 47.0 Å². The molecule has 1 atom stereocenters. The molecule has 0 fully saturated rings. The molecule has 0 saturated heterocycles. The summed E-state index contributed by atoms with van der Waals surface area (Å²) in [4.78, 5) is 12.7. The van der Waals surface area contributed by atoms with E-state index in [9.17, 15) is 9.18 Å². The van der Waals surface area contributed by atoms with Crippen LogP contribution in [0.5, 0.6) is 5.75 Å². The molecular formula is C19H24FN3O2. The molecule has 3 rings (SSSR count). The minimum atomic E-state index is -0.342. The number of carbonyl (C=O) groups is 1. The first-order valence-corrected chi connectivity index (χ1v) is 8.56. The molecule has 0 spiro atoms. The Hall–Kier alpha value is -2.37. The number of halogens is 1. The molecule has 2 heterocycles. The fraction of sp³-hybridized carbons (Fsp3) is 0.474. The Kier molecular flexibility index (Phi) is 4.54. The fourth-order valence-electron chi connectivity index (χ4n) is 3.19. The highest BCUT2D eigenvalue weighted by Crippen LogP contribution is 2.32. The van der Waals surface area contributed by atoms with Crippen LogP contribution in [0.2, 0.25) is 0 Å². The number of nitrogens with zero attached hydrogens (tertiary/aromatic N) is 2. The summed E-state index contributed by atoms with van der Waals surface area (Å²) in [7, 11) is 0. The van der Waals surface area contributed by atoms with Crippen molar-refractivity contribution in [2.45, 2.75) is 52.1 Å². The lowest BCUT2D eigenvalue weighted by atomic mass is 10.0. The Bertz CT molecular complexity index is 792. The van der Waals surface area contributed by atoms with Crippen molar-refractivity contribution in [2.75, 3.05) is 6.61 Å². The summed E-state index contributed by atoms with van der Waals surface area (Å²) in [5.41, 5.74) is 1.94. The molecule has 1 aliphatic heterocycles. The largest absolute Gasteiger partial charge is 0.493 e. The molecule has 0 aliphatic carbocycles. The number of rotatable bonds is 2. The molecule has 6 heteroatoms. The smallest absolute Gasteiger partial charge is 0.272 e. The minimum absolute atomic E-state index is 0.192. The molecule has 1 amide bonds. The van der Waals surface area contributed by atoms with Crippen molar-refractivity contribution >= 4 is 5.91 Å². The second-order valence-electron chi connectivity index (χ2n) is 7.45. The summed E-state index contributed by atoms with van der Waals surface area (Å²) in [5, 5.41) is 7.48. The SMILES string of the molecule is Cc1cc(C(=O)N[C@@H]2CCCOc3cc(F)ccc32)nn1C(C)(C)C. The van der Waals surface area contributed by atoms with Gasteiger partial charge in [0.15, 0.2) is 0 Å². The van der Waals surface area contributed by atoms with E-state index in [4.69, 9.17) is 4.74 Å². The molecule has 25 heavy (non-hydrogen) atoms.